The van der Waals surface area contributed by atoms with Crippen molar-refractivity contribution in [2.75, 3.05) is 39.6 Å². The summed E-state index contributed by atoms with van der Waals surface area (Å²) < 4.78 is 6.93. The van der Waals surface area contributed by atoms with Gasteiger partial charge in [0.25, 0.3) is 0 Å². The first-order valence-corrected chi connectivity index (χ1v) is 9.03. The first-order chi connectivity index (χ1) is 13.6. The summed E-state index contributed by atoms with van der Waals surface area (Å²) in [5.41, 5.74) is 1.99. The van der Waals surface area contributed by atoms with Gasteiger partial charge in [0, 0.05) is 40.8 Å². The van der Waals surface area contributed by atoms with E-state index in [0.717, 1.165) is 35.1 Å². The van der Waals surface area contributed by atoms with E-state index in [-0.39, 0.29) is 0 Å². The topological polar surface area (TPSA) is 92.5 Å². The summed E-state index contributed by atoms with van der Waals surface area (Å²) in [7, 11) is 7.32. The predicted octanol–water partition coefficient (Wildman–Crippen LogP) is 1.49. The van der Waals surface area contributed by atoms with Gasteiger partial charge in [0.1, 0.15) is 17.9 Å². The fraction of sp³-hybridized carbons (Fsp3) is 0.368. The van der Waals surface area contributed by atoms with Crippen molar-refractivity contribution in [3.05, 3.63) is 42.4 Å². The summed E-state index contributed by atoms with van der Waals surface area (Å²) in [6.07, 6.45) is 3.31. The zero-order valence-corrected chi connectivity index (χ0v) is 16.7. The molecule has 0 unspecified atom stereocenters. The number of aliphatic imine (C=N–C) groups is 1. The Bertz CT molecular complexity index is 935. The lowest BCUT2D eigenvalue weighted by atomic mass is 10.2. The molecule has 1 aromatic carbocycles. The van der Waals surface area contributed by atoms with Crippen molar-refractivity contribution in [3.8, 4) is 5.75 Å². The van der Waals surface area contributed by atoms with E-state index in [1.807, 2.05) is 26.2 Å². The third-order valence-corrected chi connectivity index (χ3v) is 4.38. The number of fused-ring (bicyclic) bond motifs is 1. The van der Waals surface area contributed by atoms with Crippen molar-refractivity contribution in [1.29, 1.82) is 0 Å². The molecular weight excluding hydrogens is 356 g/mol. The molecule has 0 saturated heterocycles. The van der Waals surface area contributed by atoms with E-state index >= 15 is 0 Å². The summed E-state index contributed by atoms with van der Waals surface area (Å²) in [5, 5.41) is 11.8. The van der Waals surface area contributed by atoms with Crippen LogP contribution >= 0.6 is 0 Å². The smallest absolute Gasteiger partial charge is 0.193 e. The van der Waals surface area contributed by atoms with Crippen molar-refractivity contribution in [3.63, 3.8) is 0 Å². The van der Waals surface area contributed by atoms with Crippen LogP contribution in [0.1, 0.15) is 5.56 Å². The Morgan fingerprint density at radius 3 is 2.71 bits per heavy atom. The van der Waals surface area contributed by atoms with E-state index in [1.165, 1.54) is 5.56 Å². The molecule has 0 bridgehead atoms. The average Bonchev–Trinajstić information content (AvgIpc) is 3.10. The molecule has 0 aliphatic carbocycles. The van der Waals surface area contributed by atoms with Crippen molar-refractivity contribution < 1.29 is 4.74 Å². The fourth-order valence-electron chi connectivity index (χ4n) is 2.92. The van der Waals surface area contributed by atoms with Gasteiger partial charge in [-0.1, -0.05) is 12.1 Å². The molecule has 0 amide bonds. The molecule has 0 fully saturated rings. The Morgan fingerprint density at radius 1 is 1.21 bits per heavy atom. The second-order valence-electron chi connectivity index (χ2n) is 6.33. The highest BCUT2D eigenvalue weighted by Gasteiger charge is 2.09. The third kappa shape index (κ3) is 4.48. The average molecular weight is 382 g/mol. The third-order valence-electron chi connectivity index (χ3n) is 4.38. The Kier molecular flexibility index (Phi) is 6.25. The number of nitrogens with zero attached hydrogens (tertiary/aromatic N) is 6. The SMILES string of the molecule is CN=C(NCCNc1ncnc2c1cnn2C)N(C)Cc1ccc(OC)cc1. The van der Waals surface area contributed by atoms with Crippen LogP contribution in [0.4, 0.5) is 5.82 Å². The molecule has 2 heterocycles. The largest absolute Gasteiger partial charge is 0.497 e. The van der Waals surface area contributed by atoms with Gasteiger partial charge in [-0.05, 0) is 17.7 Å². The summed E-state index contributed by atoms with van der Waals surface area (Å²) in [6, 6.07) is 8.03. The number of rotatable bonds is 7. The standard InChI is InChI=1S/C19H26N8O/c1-20-19(26(2)12-14-5-7-15(28-4)8-6-14)22-10-9-21-17-16-11-25-27(3)18(16)24-13-23-17/h5-8,11,13H,9-10,12H2,1-4H3,(H,20,22)(H,21,23,24). The van der Waals surface area contributed by atoms with Crippen LogP contribution in [0.25, 0.3) is 11.0 Å². The van der Waals surface area contributed by atoms with Gasteiger partial charge >= 0.3 is 0 Å². The summed E-state index contributed by atoms with van der Waals surface area (Å²) in [6.45, 7) is 2.14. The molecule has 0 saturated carbocycles. The Morgan fingerprint density at radius 2 is 2.00 bits per heavy atom. The van der Waals surface area contributed by atoms with Crippen LogP contribution in [0.3, 0.4) is 0 Å². The van der Waals surface area contributed by atoms with Crippen LogP contribution < -0.4 is 15.4 Å². The van der Waals surface area contributed by atoms with Gasteiger partial charge in [0.05, 0.1) is 18.7 Å². The number of hydrogen-bond donors (Lipinski definition) is 2. The highest BCUT2D eigenvalue weighted by Crippen LogP contribution is 2.17. The van der Waals surface area contributed by atoms with Gasteiger partial charge < -0.3 is 20.3 Å². The van der Waals surface area contributed by atoms with E-state index in [9.17, 15) is 0 Å². The Hall–Kier alpha value is -3.36. The number of hydrogen-bond acceptors (Lipinski definition) is 6. The number of nitrogens with one attached hydrogen (secondary N) is 2. The highest BCUT2D eigenvalue weighted by atomic mass is 16.5. The zero-order valence-electron chi connectivity index (χ0n) is 16.7. The number of anilines is 1. The Labute approximate surface area is 164 Å². The van der Waals surface area contributed by atoms with Crippen molar-refractivity contribution >= 4 is 22.8 Å². The maximum Gasteiger partial charge on any atom is 0.193 e. The van der Waals surface area contributed by atoms with Gasteiger partial charge in [-0.25, -0.2) is 9.97 Å². The number of guanidine groups is 1. The Balaban J connectivity index is 1.50. The molecule has 2 N–H and O–H groups in total. The monoisotopic (exact) mass is 382 g/mol. The van der Waals surface area contributed by atoms with E-state index < -0.39 is 0 Å². The number of benzene rings is 1. The van der Waals surface area contributed by atoms with Gasteiger partial charge in [-0.3, -0.25) is 9.67 Å². The van der Waals surface area contributed by atoms with Crippen molar-refractivity contribution in [1.82, 2.24) is 30.0 Å². The molecule has 0 aliphatic rings. The van der Waals surface area contributed by atoms with Crippen LogP contribution in [-0.4, -0.2) is 64.9 Å². The minimum Gasteiger partial charge on any atom is -0.497 e. The molecule has 9 heteroatoms. The molecule has 28 heavy (non-hydrogen) atoms. The lowest BCUT2D eigenvalue weighted by Gasteiger charge is -2.22. The molecular formula is C19H26N8O. The molecule has 0 atom stereocenters. The minimum absolute atomic E-state index is 0.691. The maximum atomic E-state index is 5.20. The van der Waals surface area contributed by atoms with Crippen molar-refractivity contribution in [2.24, 2.45) is 12.0 Å². The molecule has 9 nitrogen and oxygen atoms in total. The van der Waals surface area contributed by atoms with Crippen LogP contribution in [-0.2, 0) is 13.6 Å². The summed E-state index contributed by atoms with van der Waals surface area (Å²) >= 11 is 0. The molecule has 2 aromatic heterocycles. The normalized spacial score (nSPS) is 11.5. The van der Waals surface area contributed by atoms with Gasteiger partial charge in [-0.2, -0.15) is 5.10 Å². The van der Waals surface area contributed by atoms with Crippen LogP contribution in [0.5, 0.6) is 5.75 Å². The number of aryl methyl sites for hydroxylation is 1. The fourth-order valence-corrected chi connectivity index (χ4v) is 2.92. The molecule has 0 aliphatic heterocycles. The van der Waals surface area contributed by atoms with Gasteiger partial charge in [0.15, 0.2) is 11.6 Å². The lowest BCUT2D eigenvalue weighted by Crippen LogP contribution is -2.40. The number of methoxy groups -OCH3 is 1. The van der Waals surface area contributed by atoms with E-state index in [0.29, 0.717) is 13.1 Å². The number of aromatic nitrogens is 4. The van der Waals surface area contributed by atoms with E-state index in [4.69, 9.17) is 4.74 Å². The molecule has 0 radical (unpaired) electrons. The minimum atomic E-state index is 0.691. The van der Waals surface area contributed by atoms with Gasteiger partial charge in [0.2, 0.25) is 0 Å². The summed E-state index contributed by atoms with van der Waals surface area (Å²) in [5.74, 6) is 2.46. The molecule has 0 spiro atoms. The second-order valence-corrected chi connectivity index (χ2v) is 6.33. The molecule has 3 rings (SSSR count). The van der Waals surface area contributed by atoms with Crippen LogP contribution in [0.2, 0.25) is 0 Å². The lowest BCUT2D eigenvalue weighted by molar-refractivity contribution is 0.414. The van der Waals surface area contributed by atoms with Crippen LogP contribution in [0, 0.1) is 0 Å². The molecule has 3 aromatic rings. The maximum absolute atomic E-state index is 5.20. The summed E-state index contributed by atoms with van der Waals surface area (Å²) in [4.78, 5) is 15.0. The highest BCUT2D eigenvalue weighted by molar-refractivity contribution is 5.86. The van der Waals surface area contributed by atoms with Crippen LogP contribution in [0.15, 0.2) is 41.8 Å². The number of ether oxygens (including phenoxy) is 1. The zero-order chi connectivity index (χ0) is 19.9. The first kappa shape index (κ1) is 19.4. The second kappa shape index (κ2) is 9.03. The van der Waals surface area contributed by atoms with E-state index in [1.54, 1.807) is 31.4 Å². The quantitative estimate of drug-likeness (QED) is 0.363. The van der Waals surface area contributed by atoms with Gasteiger partial charge in [-0.15, -0.1) is 0 Å². The van der Waals surface area contributed by atoms with Crippen molar-refractivity contribution in [2.45, 2.75) is 6.54 Å². The van der Waals surface area contributed by atoms with E-state index in [2.05, 4.69) is 47.7 Å². The molecule has 148 valence electrons. The predicted molar refractivity (Wildman–Crippen MR) is 111 cm³/mol. The first-order valence-electron chi connectivity index (χ1n) is 9.03.